The van der Waals surface area contributed by atoms with Crippen LogP contribution in [-0.4, -0.2) is 23.0 Å². The van der Waals surface area contributed by atoms with Crippen LogP contribution in [0.5, 0.6) is 0 Å². The molecule has 1 atom stereocenters. The summed E-state index contributed by atoms with van der Waals surface area (Å²) >= 11 is 0. The van der Waals surface area contributed by atoms with E-state index in [1.54, 1.807) is 0 Å². The third-order valence-electron chi connectivity index (χ3n) is 4.14. The number of hydrogen-bond acceptors (Lipinski definition) is 1. The summed E-state index contributed by atoms with van der Waals surface area (Å²) in [5, 5.41) is 0.272. The first-order valence-electron chi connectivity index (χ1n) is 9.18. The molecule has 0 saturated carbocycles. The summed E-state index contributed by atoms with van der Waals surface area (Å²) in [5.41, 5.74) is 3.31. The first-order chi connectivity index (χ1) is 11.4. The lowest BCUT2D eigenvalue weighted by atomic mass is 10.2. The second-order valence-electron chi connectivity index (χ2n) is 9.08. The van der Waals surface area contributed by atoms with Gasteiger partial charge < -0.3 is 4.43 Å². The quantitative estimate of drug-likeness (QED) is 0.272. The first kappa shape index (κ1) is 23.9. The highest BCUT2D eigenvalue weighted by Crippen LogP contribution is 2.36. The largest absolute Gasteiger partial charge is 0.416 e. The molecule has 0 aromatic carbocycles. The van der Waals surface area contributed by atoms with Crippen molar-refractivity contribution < 1.29 is 4.43 Å². The average molecular weight is 375 g/mol. The second kappa shape index (κ2) is 10.8. The molecule has 0 saturated heterocycles. The van der Waals surface area contributed by atoms with Crippen LogP contribution in [0, 0.1) is 17.4 Å². The first-order valence-corrected chi connectivity index (χ1v) is 15.6. The summed E-state index contributed by atoms with van der Waals surface area (Å²) in [6.45, 7) is 21.2. The monoisotopic (exact) mass is 374 g/mol. The van der Waals surface area contributed by atoms with Gasteiger partial charge in [-0.3, -0.25) is 0 Å². The molecule has 3 heteroatoms. The smallest absolute Gasteiger partial charge is 0.192 e. The lowest BCUT2D eigenvalue weighted by Crippen LogP contribution is -2.41. The highest BCUT2D eigenvalue weighted by atomic mass is 28.4. The molecule has 0 amide bonds. The van der Waals surface area contributed by atoms with Crippen molar-refractivity contribution in [2.45, 2.75) is 65.5 Å². The van der Waals surface area contributed by atoms with Gasteiger partial charge in [0.15, 0.2) is 8.32 Å². The molecule has 0 aliphatic carbocycles. The molecule has 0 aromatic rings. The van der Waals surface area contributed by atoms with Crippen LogP contribution in [0.15, 0.2) is 48.6 Å². The van der Waals surface area contributed by atoms with E-state index in [-0.39, 0.29) is 5.04 Å². The Hall–Kier alpha value is -1.09. The predicted octanol–water partition coefficient (Wildman–Crippen LogP) is 6.75. The van der Waals surface area contributed by atoms with Crippen LogP contribution < -0.4 is 0 Å². The Balaban J connectivity index is 4.22. The fourth-order valence-electron chi connectivity index (χ4n) is 1.48. The minimum absolute atomic E-state index is 0.272. The van der Waals surface area contributed by atoms with Crippen molar-refractivity contribution in [3.05, 3.63) is 48.6 Å². The second-order valence-corrected chi connectivity index (χ2v) is 18.6. The SMILES string of the molecule is C[C@@H](/C=C/C=C/C=C/C=C/C#C[Si](C)(C)C)CO[Si](C)(C)C(C)(C)C. The van der Waals surface area contributed by atoms with E-state index in [1.165, 1.54) is 0 Å². The zero-order valence-electron chi connectivity index (χ0n) is 17.8. The lowest BCUT2D eigenvalue weighted by Gasteiger charge is -2.36. The summed E-state index contributed by atoms with van der Waals surface area (Å²) in [6.07, 6.45) is 16.3. The van der Waals surface area contributed by atoms with Crippen molar-refractivity contribution in [1.29, 1.82) is 0 Å². The maximum atomic E-state index is 6.24. The molecule has 0 fully saturated rings. The molecule has 0 aliphatic heterocycles. The minimum Gasteiger partial charge on any atom is -0.416 e. The van der Waals surface area contributed by atoms with Gasteiger partial charge in [0.1, 0.15) is 8.07 Å². The normalized spacial score (nSPS) is 15.4. The Morgan fingerprint density at radius 3 is 1.92 bits per heavy atom. The van der Waals surface area contributed by atoms with E-state index in [0.29, 0.717) is 5.92 Å². The van der Waals surface area contributed by atoms with Crippen LogP contribution in [0.3, 0.4) is 0 Å². The summed E-state index contributed by atoms with van der Waals surface area (Å²) in [5.74, 6) is 3.54. The van der Waals surface area contributed by atoms with Crippen LogP contribution >= 0.6 is 0 Å². The van der Waals surface area contributed by atoms with E-state index in [1.807, 2.05) is 30.4 Å². The zero-order chi connectivity index (χ0) is 19.6. The number of allylic oxidation sites excluding steroid dienone is 7. The topological polar surface area (TPSA) is 9.23 Å². The van der Waals surface area contributed by atoms with Gasteiger partial charge in [-0.25, -0.2) is 0 Å². The molecular formula is C22H38OSi2. The van der Waals surface area contributed by atoms with Crippen LogP contribution in [0.2, 0.25) is 37.8 Å². The van der Waals surface area contributed by atoms with Gasteiger partial charge in [-0.15, -0.1) is 5.54 Å². The molecular weight excluding hydrogens is 336 g/mol. The van der Waals surface area contributed by atoms with Gasteiger partial charge in [-0.2, -0.15) is 0 Å². The lowest BCUT2D eigenvalue weighted by molar-refractivity contribution is 0.259. The van der Waals surface area contributed by atoms with Gasteiger partial charge >= 0.3 is 0 Å². The van der Waals surface area contributed by atoms with Gasteiger partial charge in [0.05, 0.1) is 0 Å². The molecule has 1 nitrogen and oxygen atoms in total. The Morgan fingerprint density at radius 2 is 1.40 bits per heavy atom. The molecule has 0 rings (SSSR count). The van der Waals surface area contributed by atoms with E-state index < -0.39 is 16.4 Å². The molecule has 0 N–H and O–H groups in total. The average Bonchev–Trinajstić information content (AvgIpc) is 2.45. The summed E-state index contributed by atoms with van der Waals surface area (Å²) in [7, 11) is -2.89. The van der Waals surface area contributed by atoms with Gasteiger partial charge in [0, 0.05) is 6.61 Å². The third kappa shape index (κ3) is 12.9. The summed E-state index contributed by atoms with van der Waals surface area (Å²) in [6, 6.07) is 0. The van der Waals surface area contributed by atoms with Gasteiger partial charge in [0.25, 0.3) is 0 Å². The maximum absolute atomic E-state index is 6.24. The molecule has 0 bridgehead atoms. The third-order valence-corrected chi connectivity index (χ3v) is 9.53. The van der Waals surface area contributed by atoms with Crippen molar-refractivity contribution in [3.63, 3.8) is 0 Å². The molecule has 0 unspecified atom stereocenters. The van der Waals surface area contributed by atoms with Crippen LogP contribution in [0.4, 0.5) is 0 Å². The standard InChI is InChI=1S/C22H38OSi2/c1-21(20-23-25(8,9)22(2,3)4)18-16-14-12-10-11-13-15-17-19-24(5,6)7/h10-16,18,21H,20H2,1-9H3/b11-10+,14-12+,15-13+,18-16+/t21-/m0/s1. The molecule has 0 radical (unpaired) electrons. The highest BCUT2D eigenvalue weighted by molar-refractivity contribution is 6.83. The van der Waals surface area contributed by atoms with E-state index >= 15 is 0 Å². The fourth-order valence-corrected chi connectivity index (χ4v) is 3.11. The summed E-state index contributed by atoms with van der Waals surface area (Å²) < 4.78 is 6.24. The Bertz CT molecular complexity index is 556. The van der Waals surface area contributed by atoms with Gasteiger partial charge in [-0.1, -0.05) is 95.8 Å². The van der Waals surface area contributed by atoms with Crippen LogP contribution in [0.1, 0.15) is 27.7 Å². The van der Waals surface area contributed by atoms with Crippen molar-refractivity contribution in [2.75, 3.05) is 6.61 Å². The van der Waals surface area contributed by atoms with Gasteiger partial charge in [-0.05, 0) is 30.1 Å². The maximum Gasteiger partial charge on any atom is 0.192 e. The Labute approximate surface area is 159 Å². The highest BCUT2D eigenvalue weighted by Gasteiger charge is 2.37. The van der Waals surface area contributed by atoms with Gasteiger partial charge in [0.2, 0.25) is 0 Å². The van der Waals surface area contributed by atoms with Crippen molar-refractivity contribution in [2.24, 2.45) is 5.92 Å². The Morgan fingerprint density at radius 1 is 0.880 bits per heavy atom. The van der Waals surface area contributed by atoms with Crippen molar-refractivity contribution in [1.82, 2.24) is 0 Å². The van der Waals surface area contributed by atoms with Crippen molar-refractivity contribution in [3.8, 4) is 11.5 Å². The molecule has 0 aromatic heterocycles. The van der Waals surface area contributed by atoms with Crippen molar-refractivity contribution >= 4 is 16.4 Å². The molecule has 25 heavy (non-hydrogen) atoms. The van der Waals surface area contributed by atoms with E-state index in [9.17, 15) is 0 Å². The number of hydrogen-bond donors (Lipinski definition) is 0. The van der Waals surface area contributed by atoms with E-state index in [2.05, 4.69) is 90.1 Å². The molecule has 0 spiro atoms. The van der Waals surface area contributed by atoms with E-state index in [4.69, 9.17) is 4.43 Å². The summed E-state index contributed by atoms with van der Waals surface area (Å²) in [4.78, 5) is 0. The minimum atomic E-state index is -1.64. The zero-order valence-corrected chi connectivity index (χ0v) is 19.8. The predicted molar refractivity (Wildman–Crippen MR) is 120 cm³/mol. The van der Waals surface area contributed by atoms with E-state index in [0.717, 1.165) is 6.61 Å². The molecule has 0 heterocycles. The van der Waals surface area contributed by atoms with Crippen LogP contribution in [0.25, 0.3) is 0 Å². The van der Waals surface area contributed by atoms with Crippen LogP contribution in [-0.2, 0) is 4.43 Å². The Kier molecular flexibility index (Phi) is 10.3. The fraction of sp³-hybridized carbons (Fsp3) is 0.545. The molecule has 140 valence electrons. The molecule has 0 aliphatic rings. The number of rotatable bonds is 7.